The van der Waals surface area contributed by atoms with E-state index in [-0.39, 0.29) is 0 Å². The molecule has 0 fully saturated rings. The highest BCUT2D eigenvalue weighted by Gasteiger charge is 2.11. The molecule has 20 heavy (non-hydrogen) atoms. The molecule has 4 aromatic rings. The van der Waals surface area contributed by atoms with Gasteiger partial charge in [0.2, 0.25) is 5.89 Å². The first-order valence-corrected chi connectivity index (χ1v) is 6.73. The Kier molecular flexibility index (Phi) is 2.51. The van der Waals surface area contributed by atoms with E-state index < -0.39 is 0 Å². The van der Waals surface area contributed by atoms with E-state index in [1.54, 1.807) is 0 Å². The topological polar surface area (TPSA) is 26.0 Å². The zero-order chi connectivity index (χ0) is 13.5. The molecule has 0 radical (unpaired) electrons. The molecule has 0 bridgehead atoms. The third kappa shape index (κ3) is 1.77. The fourth-order valence-corrected chi connectivity index (χ4v) is 2.59. The van der Waals surface area contributed by atoms with E-state index in [1.807, 2.05) is 42.5 Å². The fourth-order valence-electron chi connectivity index (χ4n) is 2.43. The van der Waals surface area contributed by atoms with Gasteiger partial charge in [-0.05, 0) is 35.0 Å². The molecule has 0 unspecified atom stereocenters. The van der Waals surface area contributed by atoms with E-state index in [0.29, 0.717) is 10.9 Å². The molecule has 3 heteroatoms. The zero-order valence-electron chi connectivity index (χ0n) is 10.5. The molecule has 0 spiro atoms. The Balaban J connectivity index is 2.01. The number of halogens is 1. The highest BCUT2D eigenvalue weighted by molar-refractivity contribution is 6.31. The van der Waals surface area contributed by atoms with Crippen molar-refractivity contribution in [3.05, 3.63) is 65.7 Å². The van der Waals surface area contributed by atoms with Crippen LogP contribution in [-0.2, 0) is 0 Å². The average Bonchev–Trinajstić information content (AvgIpc) is 2.89. The van der Waals surface area contributed by atoms with E-state index in [0.717, 1.165) is 22.0 Å². The van der Waals surface area contributed by atoms with Crippen molar-refractivity contribution in [2.75, 3.05) is 0 Å². The molecule has 96 valence electrons. The summed E-state index contributed by atoms with van der Waals surface area (Å²) in [6, 6.07) is 19.8. The van der Waals surface area contributed by atoms with Crippen LogP contribution in [0.3, 0.4) is 0 Å². The van der Waals surface area contributed by atoms with Gasteiger partial charge in [0.1, 0.15) is 5.52 Å². The van der Waals surface area contributed by atoms with E-state index in [4.69, 9.17) is 16.0 Å². The Morgan fingerprint density at radius 1 is 0.900 bits per heavy atom. The molecule has 0 amide bonds. The standard InChI is InChI=1S/C17H10ClNO/c18-12-8-9-16-15(10-12)19-17(20-16)14-7-3-5-11-4-1-2-6-13(11)14/h1-10H. The van der Waals surface area contributed by atoms with Gasteiger partial charge in [-0.3, -0.25) is 0 Å². The number of aromatic nitrogens is 1. The average molecular weight is 280 g/mol. The highest BCUT2D eigenvalue weighted by Crippen LogP contribution is 2.31. The van der Waals surface area contributed by atoms with E-state index >= 15 is 0 Å². The number of nitrogens with zero attached hydrogens (tertiary/aromatic N) is 1. The number of hydrogen-bond donors (Lipinski definition) is 0. The third-order valence-electron chi connectivity index (χ3n) is 3.37. The van der Waals surface area contributed by atoms with Crippen molar-refractivity contribution in [3.8, 4) is 11.5 Å². The summed E-state index contributed by atoms with van der Waals surface area (Å²) in [5.74, 6) is 0.624. The van der Waals surface area contributed by atoms with Crippen molar-refractivity contribution in [2.24, 2.45) is 0 Å². The van der Waals surface area contributed by atoms with Crippen LogP contribution in [0, 0.1) is 0 Å². The lowest BCUT2D eigenvalue weighted by molar-refractivity contribution is 0.620. The van der Waals surface area contributed by atoms with Gasteiger partial charge in [-0.25, -0.2) is 4.98 Å². The molecule has 0 saturated heterocycles. The monoisotopic (exact) mass is 279 g/mol. The largest absolute Gasteiger partial charge is 0.436 e. The molecular formula is C17H10ClNO. The van der Waals surface area contributed by atoms with Gasteiger partial charge in [0.15, 0.2) is 5.58 Å². The lowest BCUT2D eigenvalue weighted by Gasteiger charge is -2.01. The van der Waals surface area contributed by atoms with Crippen molar-refractivity contribution >= 4 is 33.5 Å². The molecule has 0 saturated carbocycles. The predicted octanol–water partition coefficient (Wildman–Crippen LogP) is 5.30. The van der Waals surface area contributed by atoms with Crippen molar-refractivity contribution in [1.82, 2.24) is 4.98 Å². The van der Waals surface area contributed by atoms with Crippen LogP contribution in [0.2, 0.25) is 5.02 Å². The highest BCUT2D eigenvalue weighted by atomic mass is 35.5. The number of fused-ring (bicyclic) bond motifs is 2. The molecular weight excluding hydrogens is 270 g/mol. The summed E-state index contributed by atoms with van der Waals surface area (Å²) in [7, 11) is 0. The van der Waals surface area contributed by atoms with Gasteiger partial charge in [0, 0.05) is 10.6 Å². The molecule has 4 rings (SSSR count). The maximum atomic E-state index is 5.99. The van der Waals surface area contributed by atoms with Gasteiger partial charge in [-0.1, -0.05) is 48.0 Å². The molecule has 2 nitrogen and oxygen atoms in total. The lowest BCUT2D eigenvalue weighted by atomic mass is 10.0. The van der Waals surface area contributed by atoms with Crippen LogP contribution < -0.4 is 0 Å². The Morgan fingerprint density at radius 3 is 2.70 bits per heavy atom. The summed E-state index contributed by atoms with van der Waals surface area (Å²) in [4.78, 5) is 4.54. The summed E-state index contributed by atoms with van der Waals surface area (Å²) >= 11 is 5.99. The second-order valence-electron chi connectivity index (χ2n) is 4.66. The van der Waals surface area contributed by atoms with Gasteiger partial charge < -0.3 is 4.42 Å². The van der Waals surface area contributed by atoms with Crippen molar-refractivity contribution in [2.45, 2.75) is 0 Å². The van der Waals surface area contributed by atoms with Crippen molar-refractivity contribution in [1.29, 1.82) is 0 Å². The summed E-state index contributed by atoms with van der Waals surface area (Å²) in [5, 5.41) is 2.97. The number of rotatable bonds is 1. The summed E-state index contributed by atoms with van der Waals surface area (Å²) in [6.07, 6.45) is 0. The molecule has 0 aliphatic carbocycles. The van der Waals surface area contributed by atoms with Gasteiger partial charge >= 0.3 is 0 Å². The molecule has 0 aliphatic rings. The van der Waals surface area contributed by atoms with Crippen molar-refractivity contribution < 1.29 is 4.42 Å². The number of oxazole rings is 1. The first kappa shape index (κ1) is 11.5. The minimum atomic E-state index is 0.624. The Morgan fingerprint density at radius 2 is 1.75 bits per heavy atom. The van der Waals surface area contributed by atoms with Gasteiger partial charge in [-0.15, -0.1) is 0 Å². The molecule has 0 atom stereocenters. The SMILES string of the molecule is Clc1ccc2oc(-c3cccc4ccccc34)nc2c1. The van der Waals surface area contributed by atoms with E-state index in [9.17, 15) is 0 Å². The number of benzene rings is 3. The molecule has 3 aromatic carbocycles. The van der Waals surface area contributed by atoms with Crippen LogP contribution in [0.25, 0.3) is 33.3 Å². The first-order chi connectivity index (χ1) is 9.81. The minimum Gasteiger partial charge on any atom is -0.436 e. The Labute approximate surface area is 120 Å². The van der Waals surface area contributed by atoms with Crippen LogP contribution in [0.5, 0.6) is 0 Å². The smallest absolute Gasteiger partial charge is 0.227 e. The summed E-state index contributed by atoms with van der Waals surface area (Å²) < 4.78 is 5.85. The minimum absolute atomic E-state index is 0.624. The van der Waals surface area contributed by atoms with Crippen LogP contribution in [0.1, 0.15) is 0 Å². The number of hydrogen-bond acceptors (Lipinski definition) is 2. The third-order valence-corrected chi connectivity index (χ3v) is 3.60. The van der Waals surface area contributed by atoms with E-state index in [1.165, 1.54) is 5.39 Å². The van der Waals surface area contributed by atoms with Crippen LogP contribution >= 0.6 is 11.6 Å². The Bertz CT molecular complexity index is 921. The normalized spacial score (nSPS) is 11.2. The van der Waals surface area contributed by atoms with E-state index in [2.05, 4.69) is 23.2 Å². The van der Waals surface area contributed by atoms with Gasteiger partial charge in [0.05, 0.1) is 0 Å². The Hall–Kier alpha value is -2.32. The second-order valence-corrected chi connectivity index (χ2v) is 5.09. The molecule has 1 heterocycles. The summed E-state index contributed by atoms with van der Waals surface area (Å²) in [5.41, 5.74) is 2.52. The van der Waals surface area contributed by atoms with Gasteiger partial charge in [0.25, 0.3) is 0 Å². The van der Waals surface area contributed by atoms with Gasteiger partial charge in [-0.2, -0.15) is 0 Å². The second kappa shape index (κ2) is 4.36. The fraction of sp³-hybridized carbons (Fsp3) is 0. The maximum Gasteiger partial charge on any atom is 0.227 e. The zero-order valence-corrected chi connectivity index (χ0v) is 11.3. The first-order valence-electron chi connectivity index (χ1n) is 6.35. The lowest BCUT2D eigenvalue weighted by Crippen LogP contribution is -1.80. The van der Waals surface area contributed by atoms with Crippen molar-refractivity contribution in [3.63, 3.8) is 0 Å². The van der Waals surface area contributed by atoms with Crippen LogP contribution in [-0.4, -0.2) is 4.98 Å². The molecule has 0 aliphatic heterocycles. The summed E-state index contributed by atoms with van der Waals surface area (Å²) in [6.45, 7) is 0. The predicted molar refractivity (Wildman–Crippen MR) is 82.0 cm³/mol. The maximum absolute atomic E-state index is 5.99. The molecule has 0 N–H and O–H groups in total. The quantitative estimate of drug-likeness (QED) is 0.472. The van der Waals surface area contributed by atoms with Crippen LogP contribution in [0.15, 0.2) is 65.1 Å². The van der Waals surface area contributed by atoms with Crippen LogP contribution in [0.4, 0.5) is 0 Å². The molecule has 1 aromatic heterocycles.